The molecule has 1 saturated heterocycles. The second kappa shape index (κ2) is 10.9. The number of methoxy groups -OCH3 is 1. The van der Waals surface area contributed by atoms with E-state index in [1.807, 2.05) is 31.2 Å². The Morgan fingerprint density at radius 2 is 1.44 bits per heavy atom. The Balaban J connectivity index is 1.28. The molecule has 0 aliphatic carbocycles. The lowest BCUT2D eigenvalue weighted by Gasteiger charge is -2.36. The molecule has 3 aromatic rings. The molecule has 0 saturated carbocycles. The Morgan fingerprint density at radius 3 is 2.03 bits per heavy atom. The summed E-state index contributed by atoms with van der Waals surface area (Å²) < 4.78 is 37.9. The van der Waals surface area contributed by atoms with E-state index < -0.39 is 10.0 Å². The molecule has 190 valence electrons. The van der Waals surface area contributed by atoms with E-state index in [0.717, 1.165) is 30.1 Å². The Bertz CT molecular complexity index is 1270. The van der Waals surface area contributed by atoms with Crippen molar-refractivity contribution in [2.45, 2.75) is 11.8 Å². The van der Waals surface area contributed by atoms with Gasteiger partial charge in [0.05, 0.1) is 17.7 Å². The van der Waals surface area contributed by atoms with Crippen molar-refractivity contribution in [3.05, 3.63) is 78.4 Å². The van der Waals surface area contributed by atoms with E-state index in [-0.39, 0.29) is 17.4 Å². The summed E-state index contributed by atoms with van der Waals surface area (Å²) in [6, 6.07) is 21.3. The summed E-state index contributed by atoms with van der Waals surface area (Å²) in [5.41, 5.74) is 2.60. The zero-order chi connectivity index (χ0) is 25.7. The number of aryl methyl sites for hydroxylation is 1. The van der Waals surface area contributed by atoms with Gasteiger partial charge in [0.25, 0.3) is 15.9 Å². The minimum absolute atomic E-state index is 0.0701. The third-order valence-electron chi connectivity index (χ3n) is 6.31. The van der Waals surface area contributed by atoms with Gasteiger partial charge in [-0.3, -0.25) is 9.10 Å². The molecule has 36 heavy (non-hydrogen) atoms. The number of rotatable bonds is 8. The summed E-state index contributed by atoms with van der Waals surface area (Å²) in [4.78, 5) is 16.9. The van der Waals surface area contributed by atoms with Crippen molar-refractivity contribution in [3.8, 4) is 11.5 Å². The van der Waals surface area contributed by atoms with E-state index in [1.54, 1.807) is 60.5 Å². The first kappa shape index (κ1) is 25.4. The molecule has 3 aromatic carbocycles. The minimum atomic E-state index is -3.67. The number of benzene rings is 3. The highest BCUT2D eigenvalue weighted by Crippen LogP contribution is 2.25. The number of hydrogen-bond acceptors (Lipinski definition) is 6. The van der Waals surface area contributed by atoms with Crippen LogP contribution in [0.3, 0.4) is 0 Å². The lowest BCUT2D eigenvalue weighted by molar-refractivity contribution is -0.133. The van der Waals surface area contributed by atoms with Crippen LogP contribution in [0.5, 0.6) is 11.5 Å². The van der Waals surface area contributed by atoms with E-state index >= 15 is 0 Å². The molecule has 1 amide bonds. The average Bonchev–Trinajstić information content (AvgIpc) is 2.92. The highest BCUT2D eigenvalue weighted by Gasteiger charge is 2.23. The summed E-state index contributed by atoms with van der Waals surface area (Å²) >= 11 is 0. The predicted octanol–water partition coefficient (Wildman–Crippen LogP) is 3.56. The van der Waals surface area contributed by atoms with Gasteiger partial charge in [0, 0.05) is 38.9 Å². The maximum atomic E-state index is 12.9. The summed E-state index contributed by atoms with van der Waals surface area (Å²) in [6.07, 6.45) is 0. The van der Waals surface area contributed by atoms with Crippen molar-refractivity contribution < 1.29 is 22.7 Å². The molecule has 0 aromatic heterocycles. The number of piperazine rings is 1. The van der Waals surface area contributed by atoms with Crippen LogP contribution >= 0.6 is 0 Å². The van der Waals surface area contributed by atoms with Crippen LogP contribution in [0, 0.1) is 6.92 Å². The molecule has 0 atom stereocenters. The van der Waals surface area contributed by atoms with Crippen molar-refractivity contribution in [2.24, 2.45) is 0 Å². The SMILES string of the molecule is COc1ccc(N2CCN(C(=O)COc3ccc(N(C)S(=O)(=O)c4ccc(C)cc4)cc3)CC2)cc1. The fraction of sp³-hybridized carbons (Fsp3) is 0.296. The molecule has 1 heterocycles. The smallest absolute Gasteiger partial charge is 0.264 e. The number of ether oxygens (including phenoxy) is 2. The molecular formula is C27H31N3O5S. The van der Waals surface area contributed by atoms with Crippen molar-refractivity contribution in [3.63, 3.8) is 0 Å². The van der Waals surface area contributed by atoms with Crippen LogP contribution in [-0.2, 0) is 14.8 Å². The second-order valence-corrected chi connectivity index (χ2v) is 10.6. The topological polar surface area (TPSA) is 79.4 Å². The number of hydrogen-bond donors (Lipinski definition) is 0. The van der Waals surface area contributed by atoms with E-state index in [1.165, 1.54) is 11.4 Å². The number of anilines is 2. The Kier molecular flexibility index (Phi) is 7.69. The van der Waals surface area contributed by atoms with Crippen LogP contribution in [0.4, 0.5) is 11.4 Å². The van der Waals surface area contributed by atoms with Gasteiger partial charge in [-0.2, -0.15) is 0 Å². The summed E-state index contributed by atoms with van der Waals surface area (Å²) in [7, 11) is -0.510. The number of amides is 1. The van der Waals surface area contributed by atoms with E-state index in [4.69, 9.17) is 9.47 Å². The van der Waals surface area contributed by atoms with Crippen LogP contribution in [-0.4, -0.2) is 66.2 Å². The average molecular weight is 510 g/mol. The number of carbonyl (C=O) groups excluding carboxylic acids is 1. The maximum absolute atomic E-state index is 12.9. The third kappa shape index (κ3) is 5.73. The van der Waals surface area contributed by atoms with Gasteiger partial charge < -0.3 is 19.3 Å². The first-order valence-electron chi connectivity index (χ1n) is 11.7. The zero-order valence-corrected chi connectivity index (χ0v) is 21.6. The highest BCUT2D eigenvalue weighted by atomic mass is 32.2. The molecule has 1 fully saturated rings. The molecule has 8 nitrogen and oxygen atoms in total. The molecule has 0 N–H and O–H groups in total. The molecule has 1 aliphatic rings. The minimum Gasteiger partial charge on any atom is -0.497 e. The quantitative estimate of drug-likeness (QED) is 0.462. The zero-order valence-electron chi connectivity index (χ0n) is 20.8. The van der Waals surface area contributed by atoms with Crippen LogP contribution in [0.2, 0.25) is 0 Å². The fourth-order valence-electron chi connectivity index (χ4n) is 4.00. The first-order valence-corrected chi connectivity index (χ1v) is 13.2. The molecule has 9 heteroatoms. The van der Waals surface area contributed by atoms with Crippen LogP contribution < -0.4 is 18.7 Å². The van der Waals surface area contributed by atoms with Gasteiger partial charge in [-0.15, -0.1) is 0 Å². The summed E-state index contributed by atoms with van der Waals surface area (Å²) in [5, 5.41) is 0. The molecular weight excluding hydrogens is 478 g/mol. The number of sulfonamides is 1. The first-order chi connectivity index (χ1) is 17.3. The largest absolute Gasteiger partial charge is 0.497 e. The van der Waals surface area contributed by atoms with E-state index in [2.05, 4.69) is 4.90 Å². The second-order valence-electron chi connectivity index (χ2n) is 8.63. The molecule has 0 bridgehead atoms. The third-order valence-corrected chi connectivity index (χ3v) is 8.11. The van der Waals surface area contributed by atoms with Crippen LogP contribution in [0.15, 0.2) is 77.7 Å². The van der Waals surface area contributed by atoms with E-state index in [9.17, 15) is 13.2 Å². The Morgan fingerprint density at radius 1 is 0.861 bits per heavy atom. The molecule has 0 unspecified atom stereocenters. The predicted molar refractivity (Wildman–Crippen MR) is 140 cm³/mol. The molecule has 0 spiro atoms. The van der Waals surface area contributed by atoms with Crippen molar-refractivity contribution in [1.82, 2.24) is 4.90 Å². The van der Waals surface area contributed by atoms with Gasteiger partial charge in [0.15, 0.2) is 6.61 Å². The lowest BCUT2D eigenvalue weighted by atomic mass is 10.2. The lowest BCUT2D eigenvalue weighted by Crippen LogP contribution is -2.50. The molecule has 1 aliphatic heterocycles. The van der Waals surface area contributed by atoms with Gasteiger partial charge in [0.1, 0.15) is 11.5 Å². The Labute approximate surface area is 212 Å². The van der Waals surface area contributed by atoms with Gasteiger partial charge in [-0.25, -0.2) is 8.42 Å². The highest BCUT2D eigenvalue weighted by molar-refractivity contribution is 7.92. The van der Waals surface area contributed by atoms with Crippen molar-refractivity contribution in [1.29, 1.82) is 0 Å². The Hall–Kier alpha value is -3.72. The fourth-order valence-corrected chi connectivity index (χ4v) is 5.20. The van der Waals surface area contributed by atoms with Crippen molar-refractivity contribution in [2.75, 3.05) is 56.1 Å². The monoisotopic (exact) mass is 509 g/mol. The van der Waals surface area contributed by atoms with Gasteiger partial charge >= 0.3 is 0 Å². The number of nitrogens with zero attached hydrogens (tertiary/aromatic N) is 3. The van der Waals surface area contributed by atoms with E-state index in [0.29, 0.717) is 24.5 Å². The van der Waals surface area contributed by atoms with Crippen molar-refractivity contribution >= 4 is 27.3 Å². The maximum Gasteiger partial charge on any atom is 0.264 e. The van der Waals surface area contributed by atoms with Crippen LogP contribution in [0.25, 0.3) is 0 Å². The number of carbonyl (C=O) groups is 1. The van der Waals surface area contributed by atoms with Gasteiger partial charge in [0.2, 0.25) is 0 Å². The molecule has 4 rings (SSSR count). The molecule has 0 radical (unpaired) electrons. The normalized spacial score (nSPS) is 13.9. The van der Waals surface area contributed by atoms with Gasteiger partial charge in [-0.1, -0.05) is 17.7 Å². The standard InChI is InChI=1S/C27H31N3O5S/c1-21-4-14-26(15-5-21)36(32,33)28(2)22-6-12-25(13-7-22)35-20-27(31)30-18-16-29(17-19-30)23-8-10-24(34-3)11-9-23/h4-15H,16-20H2,1-3H3. The van der Waals surface area contributed by atoms with Crippen LogP contribution in [0.1, 0.15) is 5.56 Å². The summed E-state index contributed by atoms with van der Waals surface area (Å²) in [6.45, 7) is 4.57. The summed E-state index contributed by atoms with van der Waals surface area (Å²) in [5.74, 6) is 1.25. The van der Waals surface area contributed by atoms with Gasteiger partial charge in [-0.05, 0) is 67.6 Å².